The maximum atomic E-state index is 4.54. The number of piperazine rings is 1. The zero-order valence-electron chi connectivity index (χ0n) is 12.6. The van der Waals surface area contributed by atoms with Crippen LogP contribution in [0.1, 0.15) is 39.3 Å². The van der Waals surface area contributed by atoms with Gasteiger partial charge >= 0.3 is 0 Å². The van der Waals surface area contributed by atoms with Crippen molar-refractivity contribution >= 4 is 15.9 Å². The van der Waals surface area contributed by atoms with Crippen LogP contribution in [-0.2, 0) is 6.54 Å². The third-order valence-electron chi connectivity index (χ3n) is 4.92. The molecule has 1 unspecified atom stereocenters. The molecular formula is C16H24BrN3. The summed E-state index contributed by atoms with van der Waals surface area (Å²) in [6.45, 7) is 10.1. The monoisotopic (exact) mass is 337 g/mol. The van der Waals surface area contributed by atoms with E-state index in [0.717, 1.165) is 35.7 Å². The van der Waals surface area contributed by atoms with Crippen LogP contribution in [0.25, 0.3) is 0 Å². The normalized spacial score (nSPS) is 30.4. The van der Waals surface area contributed by atoms with E-state index in [-0.39, 0.29) is 11.1 Å². The van der Waals surface area contributed by atoms with Gasteiger partial charge in [-0.3, -0.25) is 9.88 Å². The van der Waals surface area contributed by atoms with Crippen LogP contribution >= 0.6 is 15.9 Å². The molecule has 0 bridgehead atoms. The fraction of sp³-hybridized carbons (Fsp3) is 0.688. The lowest BCUT2D eigenvalue weighted by molar-refractivity contribution is 0.0169. The summed E-state index contributed by atoms with van der Waals surface area (Å²) in [5, 5.41) is 3.80. The molecule has 1 aliphatic heterocycles. The molecule has 2 fully saturated rings. The van der Waals surface area contributed by atoms with Crippen molar-refractivity contribution in [3.05, 3.63) is 28.5 Å². The summed E-state index contributed by atoms with van der Waals surface area (Å²) < 4.78 is 1.05. The van der Waals surface area contributed by atoms with Crippen LogP contribution < -0.4 is 5.32 Å². The summed E-state index contributed by atoms with van der Waals surface area (Å²) in [5.41, 5.74) is 1.62. The average Bonchev–Trinajstić information content (AvgIpc) is 3.22. The summed E-state index contributed by atoms with van der Waals surface area (Å²) in [7, 11) is 0. The molecule has 0 spiro atoms. The van der Waals surface area contributed by atoms with Gasteiger partial charge in [0.25, 0.3) is 0 Å². The highest BCUT2D eigenvalue weighted by Gasteiger charge is 2.48. The van der Waals surface area contributed by atoms with Gasteiger partial charge in [-0.1, -0.05) is 0 Å². The lowest BCUT2D eigenvalue weighted by Crippen LogP contribution is -2.67. The number of nitrogens with one attached hydrogen (secondary N) is 1. The molecule has 0 aromatic carbocycles. The van der Waals surface area contributed by atoms with Gasteiger partial charge in [0.15, 0.2) is 0 Å². The number of hydrogen-bond acceptors (Lipinski definition) is 3. The van der Waals surface area contributed by atoms with Gasteiger partial charge in [0.2, 0.25) is 0 Å². The molecule has 1 aromatic rings. The summed E-state index contributed by atoms with van der Waals surface area (Å²) in [6.07, 6.45) is 4.66. The van der Waals surface area contributed by atoms with E-state index in [2.05, 4.69) is 64.0 Å². The Morgan fingerprint density at radius 1 is 1.35 bits per heavy atom. The molecule has 1 saturated heterocycles. The Balaban J connectivity index is 1.75. The first-order chi connectivity index (χ1) is 9.39. The van der Waals surface area contributed by atoms with Crippen LogP contribution in [0, 0.1) is 5.92 Å². The van der Waals surface area contributed by atoms with E-state index in [0.29, 0.717) is 0 Å². The minimum absolute atomic E-state index is 0.184. The van der Waals surface area contributed by atoms with Crippen molar-refractivity contribution in [1.29, 1.82) is 0 Å². The second kappa shape index (κ2) is 5.08. The van der Waals surface area contributed by atoms with Crippen LogP contribution in [0.4, 0.5) is 0 Å². The third kappa shape index (κ3) is 2.92. The van der Waals surface area contributed by atoms with Crippen LogP contribution in [0.5, 0.6) is 0 Å². The molecule has 4 heteroatoms. The average molecular weight is 338 g/mol. The molecule has 1 N–H and O–H groups in total. The highest BCUT2D eigenvalue weighted by Crippen LogP contribution is 2.42. The number of hydrogen-bond donors (Lipinski definition) is 1. The number of halogens is 1. The Morgan fingerprint density at radius 3 is 2.70 bits per heavy atom. The van der Waals surface area contributed by atoms with E-state index in [1.165, 1.54) is 12.8 Å². The number of pyridine rings is 1. The fourth-order valence-electron chi connectivity index (χ4n) is 3.16. The number of rotatable bonds is 3. The standard InChI is InChI=1S/C16H24BrN3/c1-15(2)10-19-16(3,12-4-5-12)11-20(15)9-14-7-6-13(17)8-18-14/h6-8,12,19H,4-5,9-11H2,1-3H3. The molecule has 0 radical (unpaired) electrons. The zero-order chi connectivity index (χ0) is 14.4. The van der Waals surface area contributed by atoms with E-state index in [4.69, 9.17) is 0 Å². The van der Waals surface area contributed by atoms with Crippen molar-refractivity contribution in [2.24, 2.45) is 5.92 Å². The van der Waals surface area contributed by atoms with Gasteiger partial charge in [0, 0.05) is 41.4 Å². The molecule has 20 heavy (non-hydrogen) atoms. The molecule has 1 saturated carbocycles. The summed E-state index contributed by atoms with van der Waals surface area (Å²) in [6, 6.07) is 4.20. The lowest BCUT2D eigenvalue weighted by atomic mass is 9.86. The highest BCUT2D eigenvalue weighted by atomic mass is 79.9. The Labute approximate surface area is 130 Å². The van der Waals surface area contributed by atoms with Crippen molar-refractivity contribution in [2.45, 2.75) is 51.2 Å². The van der Waals surface area contributed by atoms with Gasteiger partial charge in [-0.05, 0) is 67.6 Å². The van der Waals surface area contributed by atoms with Crippen LogP contribution in [-0.4, -0.2) is 34.1 Å². The minimum atomic E-state index is 0.184. The lowest BCUT2D eigenvalue weighted by Gasteiger charge is -2.51. The summed E-state index contributed by atoms with van der Waals surface area (Å²) in [5.74, 6) is 0.860. The Hall–Kier alpha value is -0.450. The van der Waals surface area contributed by atoms with Gasteiger partial charge in [0.05, 0.1) is 5.69 Å². The van der Waals surface area contributed by atoms with E-state index < -0.39 is 0 Å². The minimum Gasteiger partial charge on any atom is -0.308 e. The predicted octanol–water partition coefficient (Wildman–Crippen LogP) is 3.20. The first kappa shape index (κ1) is 14.5. The Kier molecular flexibility index (Phi) is 3.68. The highest BCUT2D eigenvalue weighted by molar-refractivity contribution is 9.10. The van der Waals surface area contributed by atoms with E-state index >= 15 is 0 Å². The zero-order valence-corrected chi connectivity index (χ0v) is 14.2. The molecule has 3 nitrogen and oxygen atoms in total. The molecule has 0 amide bonds. The molecule has 110 valence electrons. The topological polar surface area (TPSA) is 28.2 Å². The summed E-state index contributed by atoms with van der Waals surface area (Å²) >= 11 is 3.45. The van der Waals surface area contributed by atoms with Crippen LogP contribution in [0.3, 0.4) is 0 Å². The van der Waals surface area contributed by atoms with Gasteiger partial charge in [-0.2, -0.15) is 0 Å². The molecular weight excluding hydrogens is 314 g/mol. The van der Waals surface area contributed by atoms with Gasteiger partial charge in [0.1, 0.15) is 0 Å². The number of nitrogens with zero attached hydrogens (tertiary/aromatic N) is 2. The first-order valence-corrected chi connectivity index (χ1v) is 8.29. The molecule has 1 aromatic heterocycles. The largest absolute Gasteiger partial charge is 0.308 e. The van der Waals surface area contributed by atoms with Gasteiger partial charge < -0.3 is 5.32 Å². The Bertz CT molecular complexity index is 481. The van der Waals surface area contributed by atoms with Crippen molar-refractivity contribution < 1.29 is 0 Å². The second-order valence-corrected chi connectivity index (χ2v) is 8.10. The van der Waals surface area contributed by atoms with Crippen molar-refractivity contribution in [1.82, 2.24) is 15.2 Å². The van der Waals surface area contributed by atoms with Crippen molar-refractivity contribution in [3.63, 3.8) is 0 Å². The maximum absolute atomic E-state index is 4.54. The first-order valence-electron chi connectivity index (χ1n) is 7.50. The SMILES string of the molecule is CC1(C2CC2)CN(Cc2ccc(Br)cn2)C(C)(C)CN1. The summed E-state index contributed by atoms with van der Waals surface area (Å²) in [4.78, 5) is 7.13. The van der Waals surface area contributed by atoms with Crippen LogP contribution in [0.2, 0.25) is 0 Å². The third-order valence-corrected chi connectivity index (χ3v) is 5.39. The molecule has 3 rings (SSSR count). The van der Waals surface area contributed by atoms with Crippen molar-refractivity contribution in [3.8, 4) is 0 Å². The molecule has 2 heterocycles. The second-order valence-electron chi connectivity index (χ2n) is 7.18. The van der Waals surface area contributed by atoms with Gasteiger partial charge in [-0.15, -0.1) is 0 Å². The fourth-order valence-corrected chi connectivity index (χ4v) is 3.39. The van der Waals surface area contributed by atoms with E-state index in [1.54, 1.807) is 0 Å². The predicted molar refractivity (Wildman–Crippen MR) is 85.6 cm³/mol. The molecule has 2 aliphatic rings. The van der Waals surface area contributed by atoms with Crippen LogP contribution in [0.15, 0.2) is 22.8 Å². The Morgan fingerprint density at radius 2 is 2.10 bits per heavy atom. The van der Waals surface area contributed by atoms with Gasteiger partial charge in [-0.25, -0.2) is 0 Å². The molecule has 1 aliphatic carbocycles. The quantitative estimate of drug-likeness (QED) is 0.917. The molecule has 1 atom stereocenters. The van der Waals surface area contributed by atoms with E-state index in [9.17, 15) is 0 Å². The smallest absolute Gasteiger partial charge is 0.0545 e. The van der Waals surface area contributed by atoms with Crippen molar-refractivity contribution in [2.75, 3.05) is 13.1 Å². The number of aromatic nitrogens is 1. The maximum Gasteiger partial charge on any atom is 0.0545 e. The van der Waals surface area contributed by atoms with E-state index in [1.807, 2.05) is 6.20 Å².